The summed E-state index contributed by atoms with van der Waals surface area (Å²) in [5, 5.41) is 8.67. The Balaban J connectivity index is 0. The molecule has 2 rings (SSSR count). The van der Waals surface area contributed by atoms with Crippen LogP contribution < -0.4 is 4.90 Å². The maximum atomic E-state index is 8.67. The van der Waals surface area contributed by atoms with E-state index in [1.807, 2.05) is 53.7 Å². The minimum absolute atomic E-state index is 0.629. The average Bonchev–Trinajstić information content (AvgIpc) is 2.61. The summed E-state index contributed by atoms with van der Waals surface area (Å²) in [6, 6.07) is 5.86. The molecule has 1 aromatic heterocycles. The third kappa shape index (κ3) is 8.34. The van der Waals surface area contributed by atoms with Crippen molar-refractivity contribution >= 4 is 5.82 Å². The number of pyridine rings is 1. The van der Waals surface area contributed by atoms with Gasteiger partial charge in [-0.3, -0.25) is 0 Å². The molecule has 1 aliphatic heterocycles. The summed E-state index contributed by atoms with van der Waals surface area (Å²) < 4.78 is 0. The fraction of sp³-hybridized carbons (Fsp3) is 0.667. The smallest absolute Gasteiger partial charge is 0.128 e. The molecule has 0 atom stereocenters. The highest BCUT2D eigenvalue weighted by Gasteiger charge is 2.16. The van der Waals surface area contributed by atoms with Crippen molar-refractivity contribution in [1.82, 2.24) is 4.98 Å². The number of aromatic nitrogens is 1. The molecule has 0 aliphatic carbocycles. The van der Waals surface area contributed by atoms with Gasteiger partial charge in [0, 0.05) is 19.3 Å². The van der Waals surface area contributed by atoms with Crippen LogP contribution >= 0.6 is 0 Å². The largest absolute Gasteiger partial charge is 0.357 e. The van der Waals surface area contributed by atoms with E-state index in [0.29, 0.717) is 5.56 Å². The van der Waals surface area contributed by atoms with Crippen LogP contribution in [0.1, 0.15) is 66.9 Å². The predicted molar refractivity (Wildman–Crippen MR) is 93.6 cm³/mol. The Labute approximate surface area is 132 Å². The van der Waals surface area contributed by atoms with Crippen molar-refractivity contribution in [2.45, 2.75) is 61.3 Å². The number of rotatable bonds is 1. The van der Waals surface area contributed by atoms with E-state index in [0.717, 1.165) is 24.8 Å². The standard InChI is InChI=1S/C12H15N3.3C2H6/c1-10-4-6-15(7-5-10)12-3-2-11(8-13)9-14-12;3*1-2/h2-3,9-10H,4-7H2,1H3;3*1-2H3. The maximum Gasteiger partial charge on any atom is 0.128 e. The van der Waals surface area contributed by atoms with Crippen LogP contribution in [0.25, 0.3) is 0 Å². The van der Waals surface area contributed by atoms with Gasteiger partial charge in [-0.1, -0.05) is 48.5 Å². The van der Waals surface area contributed by atoms with Crippen molar-refractivity contribution in [1.29, 1.82) is 5.26 Å². The fourth-order valence-electron chi connectivity index (χ4n) is 1.88. The molecule has 1 aliphatic rings. The Morgan fingerprint density at radius 1 is 1.05 bits per heavy atom. The second kappa shape index (κ2) is 14.8. The molecule has 2 heterocycles. The van der Waals surface area contributed by atoms with Crippen LogP contribution in [0.15, 0.2) is 18.3 Å². The first kappa shape index (κ1) is 21.7. The van der Waals surface area contributed by atoms with Crippen molar-refractivity contribution in [3.8, 4) is 6.07 Å². The molecule has 21 heavy (non-hydrogen) atoms. The lowest BCUT2D eigenvalue weighted by Crippen LogP contribution is -2.33. The minimum atomic E-state index is 0.629. The molecule has 120 valence electrons. The highest BCUT2D eigenvalue weighted by atomic mass is 15.2. The van der Waals surface area contributed by atoms with Crippen LogP contribution in [0, 0.1) is 17.2 Å². The molecular weight excluding hydrogens is 258 g/mol. The summed E-state index contributed by atoms with van der Waals surface area (Å²) in [6.45, 7) is 16.5. The Morgan fingerprint density at radius 2 is 1.57 bits per heavy atom. The van der Waals surface area contributed by atoms with E-state index in [1.54, 1.807) is 6.20 Å². The topological polar surface area (TPSA) is 39.9 Å². The molecule has 0 saturated carbocycles. The van der Waals surface area contributed by atoms with Crippen molar-refractivity contribution in [2.75, 3.05) is 18.0 Å². The van der Waals surface area contributed by atoms with Crippen molar-refractivity contribution < 1.29 is 0 Å². The third-order valence-corrected chi connectivity index (χ3v) is 2.98. The number of anilines is 1. The van der Waals surface area contributed by atoms with Crippen molar-refractivity contribution in [3.63, 3.8) is 0 Å². The van der Waals surface area contributed by atoms with Crippen LogP contribution in [0.5, 0.6) is 0 Å². The van der Waals surface area contributed by atoms with Crippen LogP contribution in [-0.4, -0.2) is 18.1 Å². The summed E-state index contributed by atoms with van der Waals surface area (Å²) in [5.74, 6) is 1.83. The normalized spacial score (nSPS) is 13.3. The summed E-state index contributed by atoms with van der Waals surface area (Å²) >= 11 is 0. The van der Waals surface area contributed by atoms with Crippen LogP contribution in [0.3, 0.4) is 0 Å². The second-order valence-electron chi connectivity index (χ2n) is 4.19. The summed E-state index contributed by atoms with van der Waals surface area (Å²) in [4.78, 5) is 6.59. The zero-order valence-corrected chi connectivity index (χ0v) is 15.0. The number of hydrogen-bond donors (Lipinski definition) is 0. The molecule has 3 nitrogen and oxygen atoms in total. The second-order valence-corrected chi connectivity index (χ2v) is 4.19. The van der Waals surface area contributed by atoms with Gasteiger partial charge < -0.3 is 4.90 Å². The molecule has 0 spiro atoms. The zero-order valence-electron chi connectivity index (χ0n) is 15.0. The van der Waals surface area contributed by atoms with E-state index in [2.05, 4.69) is 22.9 Å². The lowest BCUT2D eigenvalue weighted by molar-refractivity contribution is 0.436. The van der Waals surface area contributed by atoms with Crippen molar-refractivity contribution in [2.24, 2.45) is 5.92 Å². The summed E-state index contributed by atoms with van der Waals surface area (Å²) in [6.07, 6.45) is 4.12. The first-order valence-electron chi connectivity index (χ1n) is 8.40. The van der Waals surface area contributed by atoms with Gasteiger partial charge in [-0.2, -0.15) is 5.26 Å². The van der Waals surface area contributed by atoms with Crippen LogP contribution in [0.4, 0.5) is 5.82 Å². The van der Waals surface area contributed by atoms with E-state index in [1.165, 1.54) is 12.8 Å². The molecule has 0 amide bonds. The molecule has 3 heteroatoms. The maximum absolute atomic E-state index is 8.67. The van der Waals surface area contributed by atoms with Crippen LogP contribution in [-0.2, 0) is 0 Å². The van der Waals surface area contributed by atoms with Gasteiger partial charge >= 0.3 is 0 Å². The molecule has 0 N–H and O–H groups in total. The van der Waals surface area contributed by atoms with Gasteiger partial charge in [0.15, 0.2) is 0 Å². The monoisotopic (exact) mass is 291 g/mol. The van der Waals surface area contributed by atoms with Gasteiger partial charge in [0.2, 0.25) is 0 Å². The highest BCUT2D eigenvalue weighted by Crippen LogP contribution is 2.20. The lowest BCUT2D eigenvalue weighted by atomic mass is 9.99. The van der Waals surface area contributed by atoms with E-state index in [9.17, 15) is 0 Å². The first-order valence-corrected chi connectivity index (χ1v) is 8.40. The number of nitrogens with zero attached hydrogens (tertiary/aromatic N) is 3. The Morgan fingerprint density at radius 3 is 1.95 bits per heavy atom. The molecule has 1 saturated heterocycles. The SMILES string of the molecule is CC.CC.CC.CC1CCN(c2ccc(C#N)cn2)CC1. The zero-order chi connectivity index (χ0) is 16.7. The molecule has 0 unspecified atom stereocenters. The van der Waals surface area contributed by atoms with Gasteiger partial charge in [-0.05, 0) is 30.9 Å². The Bertz CT molecular complexity index is 357. The molecule has 0 radical (unpaired) electrons. The third-order valence-electron chi connectivity index (χ3n) is 2.98. The van der Waals surface area contributed by atoms with E-state index < -0.39 is 0 Å². The quantitative estimate of drug-likeness (QED) is 0.707. The number of piperidine rings is 1. The van der Waals surface area contributed by atoms with Gasteiger partial charge in [0.05, 0.1) is 5.56 Å². The van der Waals surface area contributed by atoms with Crippen LogP contribution in [0.2, 0.25) is 0 Å². The highest BCUT2D eigenvalue weighted by molar-refractivity contribution is 5.42. The molecule has 0 aromatic carbocycles. The molecular formula is C18H33N3. The first-order chi connectivity index (χ1) is 10.3. The lowest BCUT2D eigenvalue weighted by Gasteiger charge is -2.31. The minimum Gasteiger partial charge on any atom is -0.357 e. The van der Waals surface area contributed by atoms with E-state index >= 15 is 0 Å². The number of nitriles is 1. The Hall–Kier alpha value is -1.56. The Kier molecular flexibility index (Phi) is 15.4. The average molecular weight is 291 g/mol. The van der Waals surface area contributed by atoms with Gasteiger partial charge in [0.25, 0.3) is 0 Å². The van der Waals surface area contributed by atoms with Gasteiger partial charge in [-0.25, -0.2) is 4.98 Å². The van der Waals surface area contributed by atoms with E-state index in [4.69, 9.17) is 5.26 Å². The number of hydrogen-bond acceptors (Lipinski definition) is 3. The molecule has 0 bridgehead atoms. The molecule has 1 fully saturated rings. The van der Waals surface area contributed by atoms with Crippen molar-refractivity contribution in [3.05, 3.63) is 23.9 Å². The predicted octanol–water partition coefficient (Wildman–Crippen LogP) is 5.27. The fourth-order valence-corrected chi connectivity index (χ4v) is 1.88. The summed E-state index contributed by atoms with van der Waals surface area (Å²) in [7, 11) is 0. The van der Waals surface area contributed by atoms with Gasteiger partial charge in [0.1, 0.15) is 11.9 Å². The van der Waals surface area contributed by atoms with E-state index in [-0.39, 0.29) is 0 Å². The summed E-state index contributed by atoms with van der Waals surface area (Å²) in [5.41, 5.74) is 0.629. The molecule has 1 aromatic rings. The van der Waals surface area contributed by atoms with Gasteiger partial charge in [-0.15, -0.1) is 0 Å².